The lowest BCUT2D eigenvalue weighted by molar-refractivity contribution is -0.0638. The molecule has 1 aliphatic heterocycles. The number of hydrogen-bond donors (Lipinski definition) is 1. The van der Waals surface area contributed by atoms with E-state index in [1.165, 1.54) is 66.7 Å². The first-order valence-electron chi connectivity index (χ1n) is 16.8. The van der Waals surface area contributed by atoms with Crippen molar-refractivity contribution in [2.75, 3.05) is 16.8 Å². The SMILES string of the molecule is Cc1nc(N2CCc3cccc(C(=O)Nc4nc5cccnc5s4)c3C2)ccc1-c1cnn(CC23CC4CC(CC(C4)C2)C3)c1C. The molecule has 5 heterocycles. The quantitative estimate of drug-likeness (QED) is 0.208. The van der Waals surface area contributed by atoms with E-state index in [0.717, 1.165) is 70.2 Å². The second-order valence-electron chi connectivity index (χ2n) is 14.4. The van der Waals surface area contributed by atoms with Gasteiger partial charge in [0.15, 0.2) is 5.13 Å². The number of carbonyl (C=O) groups excluding carboxylic acids is 1. The number of aromatic nitrogens is 5. The summed E-state index contributed by atoms with van der Waals surface area (Å²) in [5, 5.41) is 8.53. The van der Waals surface area contributed by atoms with Crippen LogP contribution in [-0.4, -0.2) is 37.2 Å². The van der Waals surface area contributed by atoms with Gasteiger partial charge < -0.3 is 4.90 Å². The van der Waals surface area contributed by atoms with Crippen LogP contribution in [0.25, 0.3) is 21.5 Å². The highest BCUT2D eigenvalue weighted by molar-refractivity contribution is 7.21. The predicted octanol–water partition coefficient (Wildman–Crippen LogP) is 7.60. The molecule has 10 rings (SSSR count). The van der Waals surface area contributed by atoms with Gasteiger partial charge in [0.25, 0.3) is 5.91 Å². The fourth-order valence-electron chi connectivity index (χ4n) is 9.66. The molecular formula is C37H39N7OS. The molecule has 4 aliphatic carbocycles. The zero-order valence-electron chi connectivity index (χ0n) is 26.5. The van der Waals surface area contributed by atoms with E-state index in [1.807, 2.05) is 24.3 Å². The van der Waals surface area contributed by atoms with Gasteiger partial charge in [0.2, 0.25) is 0 Å². The van der Waals surface area contributed by atoms with Gasteiger partial charge >= 0.3 is 0 Å². The van der Waals surface area contributed by atoms with Gasteiger partial charge in [-0.3, -0.25) is 14.8 Å². The maximum Gasteiger partial charge on any atom is 0.257 e. The largest absolute Gasteiger partial charge is 0.352 e. The van der Waals surface area contributed by atoms with E-state index in [4.69, 9.17) is 10.1 Å². The zero-order valence-corrected chi connectivity index (χ0v) is 27.3. The molecule has 4 fully saturated rings. The number of hydrogen-bond acceptors (Lipinski definition) is 7. The number of nitrogens with one attached hydrogen (secondary N) is 1. The number of pyridine rings is 2. The number of anilines is 2. The number of amides is 1. The average molecular weight is 630 g/mol. The molecular weight excluding hydrogens is 591 g/mol. The summed E-state index contributed by atoms with van der Waals surface area (Å²) in [4.78, 5) is 30.6. The van der Waals surface area contributed by atoms with Gasteiger partial charge in [-0.25, -0.2) is 15.0 Å². The Morgan fingerprint density at radius 1 is 0.978 bits per heavy atom. The molecule has 1 amide bonds. The minimum atomic E-state index is -0.140. The van der Waals surface area contributed by atoms with Gasteiger partial charge in [-0.15, -0.1) is 0 Å². The Bertz CT molecular complexity index is 1920. The second kappa shape index (κ2) is 10.7. The molecule has 4 bridgehead atoms. The van der Waals surface area contributed by atoms with Gasteiger partial charge in [-0.2, -0.15) is 5.10 Å². The highest BCUT2D eigenvalue weighted by atomic mass is 32.1. The fraction of sp³-hybridized carbons (Fsp3) is 0.432. The third-order valence-electron chi connectivity index (χ3n) is 11.3. The maximum atomic E-state index is 13.5. The molecule has 0 unspecified atom stereocenters. The maximum absolute atomic E-state index is 13.5. The van der Waals surface area contributed by atoms with Crippen molar-refractivity contribution in [2.45, 2.75) is 71.9 Å². The monoisotopic (exact) mass is 629 g/mol. The van der Waals surface area contributed by atoms with Gasteiger partial charge in [-0.1, -0.05) is 23.5 Å². The zero-order chi connectivity index (χ0) is 31.0. The van der Waals surface area contributed by atoms with Crippen LogP contribution in [0.1, 0.15) is 71.4 Å². The van der Waals surface area contributed by atoms with E-state index in [9.17, 15) is 4.79 Å². The van der Waals surface area contributed by atoms with E-state index in [2.05, 4.69) is 63.1 Å². The molecule has 0 spiro atoms. The van der Waals surface area contributed by atoms with Crippen LogP contribution in [0.5, 0.6) is 0 Å². The molecule has 0 atom stereocenters. The first-order valence-corrected chi connectivity index (χ1v) is 17.6. The summed E-state index contributed by atoms with van der Waals surface area (Å²) >= 11 is 1.39. The van der Waals surface area contributed by atoms with Crippen LogP contribution in [0.3, 0.4) is 0 Å². The van der Waals surface area contributed by atoms with Gasteiger partial charge in [0.1, 0.15) is 16.2 Å². The summed E-state index contributed by atoms with van der Waals surface area (Å²) in [5.74, 6) is 3.65. The molecule has 46 heavy (non-hydrogen) atoms. The van der Waals surface area contributed by atoms with Crippen LogP contribution in [-0.2, 0) is 19.5 Å². The average Bonchev–Trinajstić information content (AvgIpc) is 3.61. The molecule has 8 nitrogen and oxygen atoms in total. The smallest absolute Gasteiger partial charge is 0.257 e. The highest BCUT2D eigenvalue weighted by Crippen LogP contribution is 2.60. The van der Waals surface area contributed by atoms with Crippen molar-refractivity contribution in [3.63, 3.8) is 0 Å². The van der Waals surface area contributed by atoms with Gasteiger partial charge in [-0.05, 0) is 123 Å². The van der Waals surface area contributed by atoms with Gasteiger partial charge in [0.05, 0.1) is 6.20 Å². The molecule has 9 heteroatoms. The number of aryl methyl sites for hydroxylation is 1. The number of benzene rings is 1. The Morgan fingerprint density at radius 2 is 1.78 bits per heavy atom. The second-order valence-corrected chi connectivity index (χ2v) is 15.4. The summed E-state index contributed by atoms with van der Waals surface area (Å²) in [6.07, 6.45) is 13.3. The van der Waals surface area contributed by atoms with E-state index in [0.29, 0.717) is 22.7 Å². The summed E-state index contributed by atoms with van der Waals surface area (Å²) < 4.78 is 2.30. The van der Waals surface area contributed by atoms with E-state index >= 15 is 0 Å². The van der Waals surface area contributed by atoms with Crippen LogP contribution < -0.4 is 10.2 Å². The molecule has 1 aromatic carbocycles. The van der Waals surface area contributed by atoms with Crippen LogP contribution >= 0.6 is 11.3 Å². The highest BCUT2D eigenvalue weighted by Gasteiger charge is 2.51. The third-order valence-corrected chi connectivity index (χ3v) is 12.2. The molecule has 1 N–H and O–H groups in total. The van der Waals surface area contributed by atoms with Crippen molar-refractivity contribution in [3.8, 4) is 11.1 Å². The Hall–Kier alpha value is -4.11. The van der Waals surface area contributed by atoms with Crippen LogP contribution in [0, 0.1) is 37.0 Å². The fourth-order valence-corrected chi connectivity index (χ4v) is 10.5. The van der Waals surface area contributed by atoms with Gasteiger partial charge in [0, 0.05) is 53.9 Å². The van der Waals surface area contributed by atoms with E-state index in [-0.39, 0.29) is 5.91 Å². The lowest BCUT2D eigenvalue weighted by Gasteiger charge is -2.56. The molecule has 0 radical (unpaired) electrons. The minimum absolute atomic E-state index is 0.140. The predicted molar refractivity (Wildman–Crippen MR) is 182 cm³/mol. The summed E-state index contributed by atoms with van der Waals surface area (Å²) in [7, 11) is 0. The molecule has 0 saturated heterocycles. The standard InChI is InChI=1S/C37H39N7OS/c1-22-28(30-19-39-44(23(30)2)21-37-16-24-13-25(17-37)15-26(14-24)18-37)8-9-33(40-22)43-12-10-27-5-3-6-29(31(27)20-43)34(45)42-36-41-32-7-4-11-38-35(32)46-36/h3-9,11,19,24-26H,10,12-18,20-21H2,1-2H3,(H,41,42,45). The number of thiazole rings is 1. The Morgan fingerprint density at radius 3 is 2.54 bits per heavy atom. The lowest BCUT2D eigenvalue weighted by Crippen LogP contribution is -2.48. The van der Waals surface area contributed by atoms with E-state index in [1.54, 1.807) is 6.20 Å². The van der Waals surface area contributed by atoms with Crippen molar-refractivity contribution in [1.29, 1.82) is 0 Å². The molecule has 4 saturated carbocycles. The number of nitrogens with zero attached hydrogens (tertiary/aromatic N) is 6. The number of fused-ring (bicyclic) bond motifs is 2. The molecule has 5 aliphatic rings. The van der Waals surface area contributed by atoms with Crippen molar-refractivity contribution >= 4 is 38.5 Å². The van der Waals surface area contributed by atoms with Crippen LogP contribution in [0.15, 0.2) is 54.9 Å². The number of carbonyl (C=O) groups is 1. The first-order chi connectivity index (χ1) is 22.4. The van der Waals surface area contributed by atoms with Crippen molar-refractivity contribution in [2.24, 2.45) is 23.2 Å². The normalized spacial score (nSPS) is 24.8. The molecule has 5 aromatic rings. The Balaban J connectivity index is 0.936. The Kier molecular flexibility index (Phi) is 6.56. The molecule has 4 aromatic heterocycles. The first kappa shape index (κ1) is 28.1. The summed E-state index contributed by atoms with van der Waals surface area (Å²) in [6.45, 7) is 6.89. The minimum Gasteiger partial charge on any atom is -0.352 e. The summed E-state index contributed by atoms with van der Waals surface area (Å²) in [6, 6.07) is 14.1. The summed E-state index contributed by atoms with van der Waals surface area (Å²) in [5.41, 5.74) is 8.79. The van der Waals surface area contributed by atoms with Crippen LogP contribution in [0.2, 0.25) is 0 Å². The van der Waals surface area contributed by atoms with Crippen molar-refractivity contribution in [1.82, 2.24) is 24.7 Å². The lowest BCUT2D eigenvalue weighted by atomic mass is 9.49. The van der Waals surface area contributed by atoms with E-state index < -0.39 is 0 Å². The number of rotatable bonds is 6. The van der Waals surface area contributed by atoms with Crippen molar-refractivity contribution in [3.05, 3.63) is 82.9 Å². The molecule has 234 valence electrons. The van der Waals surface area contributed by atoms with Crippen LogP contribution in [0.4, 0.5) is 10.9 Å². The third kappa shape index (κ3) is 4.82. The Labute approximate surface area is 273 Å². The topological polar surface area (TPSA) is 88.8 Å². The van der Waals surface area contributed by atoms with Crippen molar-refractivity contribution < 1.29 is 4.79 Å².